The Morgan fingerprint density at radius 2 is 1.96 bits per heavy atom. The van der Waals surface area contributed by atoms with Gasteiger partial charge in [-0.05, 0) is 56.2 Å². The van der Waals surface area contributed by atoms with E-state index in [1.165, 1.54) is 12.8 Å². The third-order valence-electron chi connectivity index (χ3n) is 5.54. The van der Waals surface area contributed by atoms with E-state index in [4.69, 9.17) is 10.1 Å². The summed E-state index contributed by atoms with van der Waals surface area (Å²) in [5.74, 6) is 1.12. The Balaban J connectivity index is 1.68. The predicted molar refractivity (Wildman–Crippen MR) is 105 cm³/mol. The van der Waals surface area contributed by atoms with Crippen LogP contribution in [0.15, 0.2) is 36.4 Å². The molecule has 138 valence electrons. The van der Waals surface area contributed by atoms with Gasteiger partial charge in [-0.3, -0.25) is 4.79 Å². The number of hydrogen-bond donors (Lipinski definition) is 1. The Morgan fingerprint density at radius 3 is 2.63 bits per heavy atom. The van der Waals surface area contributed by atoms with E-state index in [1.54, 1.807) is 0 Å². The summed E-state index contributed by atoms with van der Waals surface area (Å²) in [6.45, 7) is 2.85. The van der Waals surface area contributed by atoms with Crippen LogP contribution in [0, 0.1) is 5.92 Å². The minimum atomic E-state index is 0.0125. The minimum Gasteiger partial charge on any atom is -0.352 e. The number of hydrogen-bond acceptors (Lipinski definition) is 3. The highest BCUT2D eigenvalue weighted by atomic mass is 16.1. The van der Waals surface area contributed by atoms with Crippen molar-refractivity contribution in [3.8, 4) is 5.69 Å². The van der Waals surface area contributed by atoms with E-state index in [1.807, 2.05) is 41.1 Å². The largest absolute Gasteiger partial charge is 0.352 e. The van der Waals surface area contributed by atoms with E-state index in [0.717, 1.165) is 59.5 Å². The highest BCUT2D eigenvalue weighted by Gasteiger charge is 2.32. The van der Waals surface area contributed by atoms with Crippen molar-refractivity contribution in [2.75, 3.05) is 6.54 Å². The molecular formula is C22H24N4O. The van der Waals surface area contributed by atoms with Gasteiger partial charge < -0.3 is 5.32 Å². The number of carbonyl (C=O) groups is 1. The lowest BCUT2D eigenvalue weighted by Gasteiger charge is -2.09. The number of pyridine rings is 1. The van der Waals surface area contributed by atoms with E-state index in [0.29, 0.717) is 11.8 Å². The molecule has 27 heavy (non-hydrogen) atoms. The van der Waals surface area contributed by atoms with Crippen molar-refractivity contribution in [1.82, 2.24) is 20.1 Å². The monoisotopic (exact) mass is 360 g/mol. The molecule has 1 amide bonds. The Morgan fingerprint density at radius 1 is 1.19 bits per heavy atom. The molecule has 2 aromatic heterocycles. The van der Waals surface area contributed by atoms with Crippen LogP contribution in [0.2, 0.25) is 0 Å². The van der Waals surface area contributed by atoms with Crippen molar-refractivity contribution >= 4 is 16.9 Å². The normalized spacial score (nSPS) is 16.6. The molecule has 2 aliphatic rings. The van der Waals surface area contributed by atoms with Gasteiger partial charge in [0.15, 0.2) is 5.65 Å². The topological polar surface area (TPSA) is 59.8 Å². The maximum Gasteiger partial charge on any atom is 0.252 e. The maximum atomic E-state index is 13.0. The number of amides is 1. The number of nitrogens with zero attached hydrogens (tertiary/aromatic N) is 3. The lowest BCUT2D eigenvalue weighted by atomic mass is 10.1. The molecule has 1 N–H and O–H groups in total. The molecule has 2 saturated carbocycles. The molecule has 2 fully saturated rings. The van der Waals surface area contributed by atoms with Gasteiger partial charge in [0.1, 0.15) is 0 Å². The molecule has 0 aliphatic heterocycles. The lowest BCUT2D eigenvalue weighted by molar-refractivity contribution is 0.0953. The van der Waals surface area contributed by atoms with Gasteiger partial charge in [0.2, 0.25) is 0 Å². The highest BCUT2D eigenvalue weighted by molar-refractivity contribution is 6.07. The Hall–Kier alpha value is -2.69. The van der Waals surface area contributed by atoms with Crippen LogP contribution in [0.1, 0.15) is 60.3 Å². The smallest absolute Gasteiger partial charge is 0.252 e. The molecule has 0 unspecified atom stereocenters. The zero-order valence-electron chi connectivity index (χ0n) is 15.6. The average Bonchev–Trinajstić information content (AvgIpc) is 3.63. The van der Waals surface area contributed by atoms with Crippen molar-refractivity contribution in [3.05, 3.63) is 53.3 Å². The number of carbonyl (C=O) groups excluding carboxylic acids is 1. The lowest BCUT2D eigenvalue weighted by Crippen LogP contribution is -2.26. The number of aromatic nitrogens is 3. The molecule has 0 saturated heterocycles. The molecule has 2 aliphatic carbocycles. The van der Waals surface area contributed by atoms with Gasteiger partial charge in [0, 0.05) is 18.2 Å². The van der Waals surface area contributed by atoms with Crippen LogP contribution in [-0.4, -0.2) is 27.2 Å². The van der Waals surface area contributed by atoms with Crippen molar-refractivity contribution < 1.29 is 4.79 Å². The molecule has 0 atom stereocenters. The van der Waals surface area contributed by atoms with Crippen molar-refractivity contribution in [2.45, 2.75) is 44.9 Å². The minimum absolute atomic E-state index is 0.0125. The fourth-order valence-electron chi connectivity index (χ4n) is 3.60. The number of benzene rings is 1. The number of fused-ring (bicyclic) bond motifs is 1. The summed E-state index contributed by atoms with van der Waals surface area (Å²) < 4.78 is 1.92. The number of para-hydroxylation sites is 1. The second-order valence-corrected chi connectivity index (χ2v) is 7.77. The molecule has 5 nitrogen and oxygen atoms in total. The Kier molecular flexibility index (Phi) is 3.96. The fraction of sp³-hybridized carbons (Fsp3) is 0.409. The van der Waals surface area contributed by atoms with Gasteiger partial charge in [0.25, 0.3) is 5.91 Å². The predicted octanol–water partition coefficient (Wildman–Crippen LogP) is 4.00. The highest BCUT2D eigenvalue weighted by Crippen LogP contribution is 2.43. The van der Waals surface area contributed by atoms with Gasteiger partial charge >= 0.3 is 0 Å². The molecule has 5 rings (SSSR count). The van der Waals surface area contributed by atoms with Gasteiger partial charge in [-0.15, -0.1) is 0 Å². The maximum absolute atomic E-state index is 13.0. The molecular weight excluding hydrogens is 336 g/mol. The second-order valence-electron chi connectivity index (χ2n) is 7.77. The van der Waals surface area contributed by atoms with Gasteiger partial charge in [-0.2, -0.15) is 5.10 Å². The first-order valence-corrected chi connectivity index (χ1v) is 10.0. The van der Waals surface area contributed by atoms with E-state index < -0.39 is 0 Å². The summed E-state index contributed by atoms with van der Waals surface area (Å²) in [5, 5.41) is 8.99. The zero-order valence-corrected chi connectivity index (χ0v) is 15.6. The van der Waals surface area contributed by atoms with Crippen LogP contribution in [0.25, 0.3) is 16.7 Å². The molecule has 3 aromatic rings. The first kappa shape index (κ1) is 16.5. The third kappa shape index (κ3) is 3.11. The van der Waals surface area contributed by atoms with Crippen molar-refractivity contribution in [3.63, 3.8) is 0 Å². The number of nitrogens with one attached hydrogen (secondary N) is 1. The Labute approximate surface area is 158 Å². The molecule has 2 heterocycles. The molecule has 0 spiro atoms. The zero-order chi connectivity index (χ0) is 18.4. The summed E-state index contributed by atoms with van der Waals surface area (Å²) in [4.78, 5) is 17.9. The summed E-state index contributed by atoms with van der Waals surface area (Å²) in [6, 6.07) is 12.1. The average molecular weight is 360 g/mol. The van der Waals surface area contributed by atoms with Gasteiger partial charge in [0.05, 0.1) is 22.3 Å². The first-order chi connectivity index (χ1) is 13.2. The number of rotatable bonds is 6. The number of aryl methyl sites for hydroxylation is 1. The fourth-order valence-corrected chi connectivity index (χ4v) is 3.60. The Bertz CT molecular complexity index is 1000. The summed E-state index contributed by atoms with van der Waals surface area (Å²) in [6.07, 6.45) is 5.52. The first-order valence-electron chi connectivity index (χ1n) is 10.0. The van der Waals surface area contributed by atoms with Crippen LogP contribution in [0.5, 0.6) is 0 Å². The van der Waals surface area contributed by atoms with Crippen LogP contribution >= 0.6 is 0 Å². The van der Waals surface area contributed by atoms with Crippen molar-refractivity contribution in [2.24, 2.45) is 5.92 Å². The SMILES string of the molecule is CCc1cc(C(=O)NCC2CC2)c2c(C3CC3)nn(-c3ccccc3)c2n1. The van der Waals surface area contributed by atoms with Crippen LogP contribution in [-0.2, 0) is 6.42 Å². The van der Waals surface area contributed by atoms with Gasteiger partial charge in [-0.25, -0.2) is 9.67 Å². The molecule has 5 heteroatoms. The molecule has 0 bridgehead atoms. The van der Waals surface area contributed by atoms with Gasteiger partial charge in [-0.1, -0.05) is 25.1 Å². The standard InChI is InChI=1S/C22H24N4O/c1-2-16-12-18(22(27)23-13-14-8-9-14)19-20(15-10-11-15)25-26(21(19)24-16)17-6-4-3-5-7-17/h3-7,12,14-15H,2,8-11,13H2,1H3,(H,23,27). The summed E-state index contributed by atoms with van der Waals surface area (Å²) in [5.41, 5.74) is 4.49. The molecule has 0 radical (unpaired) electrons. The van der Waals surface area contributed by atoms with E-state index in [9.17, 15) is 4.79 Å². The van der Waals surface area contributed by atoms with Crippen LogP contribution in [0.3, 0.4) is 0 Å². The second kappa shape index (κ2) is 6.48. The third-order valence-corrected chi connectivity index (χ3v) is 5.54. The molecule has 1 aromatic carbocycles. The van der Waals surface area contributed by atoms with E-state index in [-0.39, 0.29) is 5.91 Å². The van der Waals surface area contributed by atoms with Crippen LogP contribution in [0.4, 0.5) is 0 Å². The van der Waals surface area contributed by atoms with Crippen molar-refractivity contribution in [1.29, 1.82) is 0 Å². The summed E-state index contributed by atoms with van der Waals surface area (Å²) >= 11 is 0. The quantitative estimate of drug-likeness (QED) is 0.723. The van der Waals surface area contributed by atoms with Crippen LogP contribution < -0.4 is 5.32 Å². The van der Waals surface area contributed by atoms with E-state index >= 15 is 0 Å². The van der Waals surface area contributed by atoms with E-state index in [2.05, 4.69) is 12.2 Å². The summed E-state index contributed by atoms with van der Waals surface area (Å²) in [7, 11) is 0.